The standard InChI is InChI=1S/C17H26N4O5S/c1-5-6-12-13-9-20(10-15(13)21(16(12)22)27(4,24)25)17(23)14-7-11(26-18-14)8-19(2)3/h7,12-13,15H,5-6,8-10H2,1-4H3/t12-,13-,15+/m1/s1. The summed E-state index contributed by atoms with van der Waals surface area (Å²) in [5.74, 6) is -0.594. The number of carbonyl (C=O) groups excluding carboxylic acids is 2. The molecule has 1 aromatic rings. The molecule has 0 radical (unpaired) electrons. The second-order valence-electron chi connectivity index (χ2n) is 7.65. The molecule has 0 saturated carbocycles. The Balaban J connectivity index is 1.80. The van der Waals surface area contributed by atoms with E-state index in [0.29, 0.717) is 25.3 Å². The van der Waals surface area contributed by atoms with Crippen LogP contribution >= 0.6 is 0 Å². The van der Waals surface area contributed by atoms with Gasteiger partial charge in [-0.25, -0.2) is 12.7 Å². The molecule has 3 atom stereocenters. The van der Waals surface area contributed by atoms with E-state index >= 15 is 0 Å². The average molecular weight is 398 g/mol. The summed E-state index contributed by atoms with van der Waals surface area (Å²) in [5, 5.41) is 3.85. The summed E-state index contributed by atoms with van der Waals surface area (Å²) in [4.78, 5) is 28.9. The Hall–Kier alpha value is -1.94. The highest BCUT2D eigenvalue weighted by molar-refractivity contribution is 7.88. The first-order chi connectivity index (χ1) is 12.6. The molecule has 0 aromatic carbocycles. The summed E-state index contributed by atoms with van der Waals surface area (Å²) in [6.07, 6.45) is 2.44. The van der Waals surface area contributed by atoms with Crippen molar-refractivity contribution in [3.63, 3.8) is 0 Å². The molecule has 0 N–H and O–H groups in total. The largest absolute Gasteiger partial charge is 0.359 e. The van der Waals surface area contributed by atoms with Gasteiger partial charge in [0, 0.05) is 31.0 Å². The Kier molecular flexibility index (Phi) is 5.31. The van der Waals surface area contributed by atoms with Crippen LogP contribution in [0, 0.1) is 11.8 Å². The number of nitrogens with zero attached hydrogens (tertiary/aromatic N) is 4. The molecule has 2 amide bonds. The quantitative estimate of drug-likeness (QED) is 0.683. The minimum Gasteiger partial charge on any atom is -0.359 e. The maximum absolute atomic E-state index is 12.8. The zero-order valence-electron chi connectivity index (χ0n) is 16.1. The third kappa shape index (κ3) is 3.73. The molecule has 0 unspecified atom stereocenters. The summed E-state index contributed by atoms with van der Waals surface area (Å²) >= 11 is 0. The van der Waals surface area contributed by atoms with Gasteiger partial charge < -0.3 is 14.3 Å². The molecule has 0 aliphatic carbocycles. The third-order valence-electron chi connectivity index (χ3n) is 5.18. The average Bonchev–Trinajstić information content (AvgIpc) is 3.22. The first-order valence-electron chi connectivity index (χ1n) is 9.06. The van der Waals surface area contributed by atoms with Crippen LogP contribution in [0.5, 0.6) is 0 Å². The van der Waals surface area contributed by atoms with Crippen molar-refractivity contribution in [1.82, 2.24) is 19.3 Å². The molecule has 0 bridgehead atoms. The molecule has 2 aliphatic rings. The Morgan fingerprint density at radius 1 is 1.37 bits per heavy atom. The highest BCUT2D eigenvalue weighted by Crippen LogP contribution is 2.40. The molecule has 3 rings (SSSR count). The molecule has 150 valence electrons. The van der Waals surface area contributed by atoms with Crippen LogP contribution in [0.2, 0.25) is 0 Å². The number of carbonyl (C=O) groups is 2. The number of hydrogen-bond donors (Lipinski definition) is 0. The highest BCUT2D eigenvalue weighted by Gasteiger charge is 2.55. The Morgan fingerprint density at radius 2 is 2.07 bits per heavy atom. The molecule has 9 nitrogen and oxygen atoms in total. The van der Waals surface area contributed by atoms with Crippen LogP contribution < -0.4 is 0 Å². The predicted molar refractivity (Wildman–Crippen MR) is 97.2 cm³/mol. The van der Waals surface area contributed by atoms with E-state index in [1.165, 1.54) is 0 Å². The van der Waals surface area contributed by atoms with Gasteiger partial charge in [-0.05, 0) is 20.5 Å². The second kappa shape index (κ2) is 7.23. The van der Waals surface area contributed by atoms with Crippen LogP contribution in [0.15, 0.2) is 10.6 Å². The van der Waals surface area contributed by atoms with Gasteiger partial charge in [-0.3, -0.25) is 9.59 Å². The Labute approximate surface area is 159 Å². The lowest BCUT2D eigenvalue weighted by Crippen LogP contribution is -2.43. The number of rotatable bonds is 6. The molecular formula is C17H26N4O5S. The van der Waals surface area contributed by atoms with Crippen molar-refractivity contribution < 1.29 is 22.5 Å². The van der Waals surface area contributed by atoms with E-state index in [9.17, 15) is 18.0 Å². The smallest absolute Gasteiger partial charge is 0.276 e. The maximum Gasteiger partial charge on any atom is 0.276 e. The van der Waals surface area contributed by atoms with Gasteiger partial charge in [-0.15, -0.1) is 0 Å². The highest BCUT2D eigenvalue weighted by atomic mass is 32.2. The lowest BCUT2D eigenvalue weighted by molar-refractivity contribution is -0.128. The van der Waals surface area contributed by atoms with Crippen molar-refractivity contribution in [1.29, 1.82) is 0 Å². The first-order valence-corrected chi connectivity index (χ1v) is 10.9. The van der Waals surface area contributed by atoms with Gasteiger partial charge in [0.25, 0.3) is 5.91 Å². The minimum atomic E-state index is -3.67. The summed E-state index contributed by atoms with van der Waals surface area (Å²) in [5.41, 5.74) is 0.205. The lowest BCUT2D eigenvalue weighted by Gasteiger charge is -2.23. The topological polar surface area (TPSA) is 104 Å². The lowest BCUT2D eigenvalue weighted by atomic mass is 9.89. The molecular weight excluding hydrogens is 372 g/mol. The van der Waals surface area contributed by atoms with E-state index in [0.717, 1.165) is 17.0 Å². The van der Waals surface area contributed by atoms with Crippen molar-refractivity contribution >= 4 is 21.8 Å². The minimum absolute atomic E-state index is 0.177. The monoisotopic (exact) mass is 398 g/mol. The fourth-order valence-electron chi connectivity index (χ4n) is 4.15. The van der Waals surface area contributed by atoms with Crippen molar-refractivity contribution in [2.75, 3.05) is 33.4 Å². The van der Waals surface area contributed by atoms with E-state index in [2.05, 4.69) is 5.16 Å². The molecule has 1 aromatic heterocycles. The van der Waals surface area contributed by atoms with E-state index in [1.807, 2.05) is 25.9 Å². The normalized spacial score (nSPS) is 25.5. The van der Waals surface area contributed by atoms with Crippen molar-refractivity contribution in [2.24, 2.45) is 11.8 Å². The van der Waals surface area contributed by atoms with E-state index in [1.54, 1.807) is 11.0 Å². The van der Waals surface area contributed by atoms with Gasteiger partial charge in [0.1, 0.15) is 0 Å². The zero-order chi connectivity index (χ0) is 19.9. The molecule has 10 heteroatoms. The molecule has 27 heavy (non-hydrogen) atoms. The maximum atomic E-state index is 12.8. The molecule has 3 heterocycles. The predicted octanol–water partition coefficient (Wildman–Crippen LogP) is 0.395. The fourth-order valence-corrected chi connectivity index (χ4v) is 5.33. The number of fused-ring (bicyclic) bond motifs is 1. The number of amides is 2. The molecule has 0 spiro atoms. The van der Waals surface area contributed by atoms with Crippen LogP contribution in [0.4, 0.5) is 0 Å². The van der Waals surface area contributed by atoms with E-state index in [-0.39, 0.29) is 35.9 Å². The fraction of sp³-hybridized carbons (Fsp3) is 0.706. The summed E-state index contributed by atoms with van der Waals surface area (Å²) in [7, 11) is 0.0964. The molecule has 2 fully saturated rings. The number of likely N-dealkylation sites (tertiary alicyclic amines) is 1. The summed E-state index contributed by atoms with van der Waals surface area (Å²) in [6, 6.07) is 1.11. The van der Waals surface area contributed by atoms with E-state index in [4.69, 9.17) is 4.52 Å². The van der Waals surface area contributed by atoms with Gasteiger partial charge in [0.15, 0.2) is 11.5 Å². The van der Waals surface area contributed by atoms with Crippen molar-refractivity contribution in [3.8, 4) is 0 Å². The third-order valence-corrected chi connectivity index (χ3v) is 6.34. The SMILES string of the molecule is CCC[C@H]1C(=O)N(S(C)(=O)=O)[C@H]2CN(C(=O)c3cc(CN(C)C)on3)C[C@H]12. The zero-order valence-corrected chi connectivity index (χ0v) is 16.9. The molecule has 2 saturated heterocycles. The Bertz CT molecular complexity index is 834. The van der Waals surface area contributed by atoms with Crippen LogP contribution in [0.1, 0.15) is 36.0 Å². The number of aromatic nitrogens is 1. The van der Waals surface area contributed by atoms with Crippen molar-refractivity contribution in [3.05, 3.63) is 17.5 Å². The number of hydrogen-bond acceptors (Lipinski definition) is 7. The first kappa shape index (κ1) is 19.8. The second-order valence-corrected chi connectivity index (χ2v) is 9.51. The van der Waals surface area contributed by atoms with Crippen LogP contribution in [0.3, 0.4) is 0 Å². The van der Waals surface area contributed by atoms with Crippen LogP contribution in [0.25, 0.3) is 0 Å². The van der Waals surface area contributed by atoms with Gasteiger partial charge >= 0.3 is 0 Å². The van der Waals surface area contributed by atoms with Gasteiger partial charge in [-0.2, -0.15) is 0 Å². The summed E-state index contributed by atoms with van der Waals surface area (Å²) < 4.78 is 30.5. The Morgan fingerprint density at radius 3 is 2.67 bits per heavy atom. The van der Waals surface area contributed by atoms with Gasteiger partial charge in [0.2, 0.25) is 15.9 Å². The van der Waals surface area contributed by atoms with Gasteiger partial charge in [-0.1, -0.05) is 18.5 Å². The molecule has 2 aliphatic heterocycles. The summed E-state index contributed by atoms with van der Waals surface area (Å²) in [6.45, 7) is 3.03. The van der Waals surface area contributed by atoms with Crippen LogP contribution in [-0.4, -0.2) is 79.0 Å². The number of sulfonamides is 1. The van der Waals surface area contributed by atoms with E-state index < -0.39 is 16.1 Å². The van der Waals surface area contributed by atoms with Crippen molar-refractivity contribution in [2.45, 2.75) is 32.4 Å². The van der Waals surface area contributed by atoms with Gasteiger partial charge in [0.05, 0.1) is 18.8 Å². The van der Waals surface area contributed by atoms with Crippen LogP contribution in [-0.2, 0) is 21.4 Å².